The maximum atomic E-state index is 2.61. The third-order valence-corrected chi connectivity index (χ3v) is 20.6. The molecule has 0 bridgehead atoms. The van der Waals surface area contributed by atoms with Crippen molar-refractivity contribution in [3.8, 4) is 0 Å². The Kier molecular flexibility index (Phi) is 5.46. The topological polar surface area (TPSA) is 0 Å². The number of fused-ring (bicyclic) bond motifs is 2. The summed E-state index contributed by atoms with van der Waals surface area (Å²) in [6.07, 6.45) is 24.3. The molecule has 0 N–H and O–H groups in total. The highest BCUT2D eigenvalue weighted by Crippen LogP contribution is 2.72. The Morgan fingerprint density at radius 1 is 0.500 bits per heavy atom. The lowest BCUT2D eigenvalue weighted by molar-refractivity contribution is 0.153. The third kappa shape index (κ3) is 3.17. The van der Waals surface area contributed by atoms with E-state index in [1.165, 1.54) is 71.3 Å². The highest BCUT2D eigenvalue weighted by atomic mass is 28.3. The van der Waals surface area contributed by atoms with E-state index in [1.54, 1.807) is 95.6 Å². The minimum absolute atomic E-state index is 1.15. The Morgan fingerprint density at radius 2 is 0.938 bits per heavy atom. The molecule has 0 aromatic heterocycles. The summed E-state index contributed by atoms with van der Waals surface area (Å²) in [6, 6.07) is 3.56. The van der Waals surface area contributed by atoms with Gasteiger partial charge in [0.2, 0.25) is 0 Å². The quantitative estimate of drug-likeness (QED) is 0.352. The first-order valence-corrected chi connectivity index (χ1v) is 18.3. The van der Waals surface area contributed by atoms with Gasteiger partial charge in [0.1, 0.15) is 0 Å². The molecule has 0 aromatic carbocycles. The van der Waals surface area contributed by atoms with E-state index in [2.05, 4.69) is 13.8 Å². The van der Waals surface area contributed by atoms with Crippen LogP contribution in [0.5, 0.6) is 0 Å². The van der Waals surface area contributed by atoms with Gasteiger partial charge in [0.25, 0.3) is 0 Å². The Labute approximate surface area is 200 Å². The van der Waals surface area contributed by atoms with E-state index in [0.717, 1.165) is 11.8 Å². The fraction of sp³-hybridized carbons (Fsp3) is 1.00. The number of hydrogen-bond donors (Lipinski definition) is 0. The minimum Gasteiger partial charge on any atom is -0.0651 e. The minimum atomic E-state index is -1.15. The van der Waals surface area contributed by atoms with Crippen molar-refractivity contribution in [2.75, 3.05) is 0 Å². The van der Waals surface area contributed by atoms with E-state index in [-0.39, 0.29) is 0 Å². The third-order valence-electron chi connectivity index (χ3n) is 13.6. The van der Waals surface area contributed by atoms with Gasteiger partial charge in [-0.25, -0.2) is 0 Å². The van der Waals surface area contributed by atoms with Crippen LogP contribution in [0.1, 0.15) is 110 Å². The average Bonchev–Trinajstić information content (AvgIpc) is 3.72. The van der Waals surface area contributed by atoms with Crippen LogP contribution in [-0.2, 0) is 0 Å². The highest BCUT2D eigenvalue weighted by Gasteiger charge is 2.66. The Bertz CT molecular complexity index is 633. The van der Waals surface area contributed by atoms with E-state index >= 15 is 0 Å². The Morgan fingerprint density at radius 3 is 1.28 bits per heavy atom. The van der Waals surface area contributed by atoms with E-state index in [0.29, 0.717) is 0 Å². The summed E-state index contributed by atoms with van der Waals surface area (Å²) in [4.78, 5) is 0. The van der Waals surface area contributed by atoms with Gasteiger partial charge in [-0.2, -0.15) is 0 Å². The Hall–Kier alpha value is 0.217. The Balaban J connectivity index is 1.23. The lowest BCUT2D eigenvalue weighted by Gasteiger charge is -2.57. The average molecular weight is 453 g/mol. The van der Waals surface area contributed by atoms with Crippen LogP contribution in [0.15, 0.2) is 0 Å². The summed E-state index contributed by atoms with van der Waals surface area (Å²) in [5.74, 6) is 11.8. The van der Waals surface area contributed by atoms with Gasteiger partial charge in [-0.05, 0) is 122 Å². The van der Waals surface area contributed by atoms with Gasteiger partial charge in [-0.15, -0.1) is 0 Å². The van der Waals surface area contributed by atoms with E-state index in [4.69, 9.17) is 0 Å². The van der Waals surface area contributed by atoms with Crippen LogP contribution < -0.4 is 0 Å². The van der Waals surface area contributed by atoms with E-state index in [1.807, 2.05) is 0 Å². The molecule has 1 saturated heterocycles. The predicted octanol–water partition coefficient (Wildman–Crippen LogP) is 9.32. The first-order chi connectivity index (χ1) is 15.7. The van der Waals surface area contributed by atoms with Crippen LogP contribution in [0.4, 0.5) is 0 Å². The highest BCUT2D eigenvalue weighted by molar-refractivity contribution is 6.85. The summed E-state index contributed by atoms with van der Waals surface area (Å²) in [5.41, 5.74) is 2.54. The molecule has 1 aliphatic heterocycles. The van der Waals surface area contributed by atoms with Crippen LogP contribution in [0.3, 0.4) is 0 Å². The van der Waals surface area contributed by atoms with Crippen LogP contribution in [0.25, 0.3) is 0 Å². The molecule has 0 spiro atoms. The molecule has 10 unspecified atom stereocenters. The molecule has 32 heavy (non-hydrogen) atoms. The summed E-state index contributed by atoms with van der Waals surface area (Å²) >= 11 is 0. The lowest BCUT2D eigenvalue weighted by atomic mass is 9.71. The van der Waals surface area contributed by atoms with E-state index in [9.17, 15) is 0 Å². The molecule has 180 valence electrons. The van der Waals surface area contributed by atoms with Crippen molar-refractivity contribution in [2.24, 2.45) is 59.2 Å². The molecule has 1 heterocycles. The number of hydrogen-bond acceptors (Lipinski definition) is 0. The molecule has 0 aromatic rings. The van der Waals surface area contributed by atoms with Crippen molar-refractivity contribution in [1.29, 1.82) is 0 Å². The van der Waals surface area contributed by atoms with Crippen LogP contribution in [0, 0.1) is 59.2 Å². The van der Waals surface area contributed by atoms with Gasteiger partial charge >= 0.3 is 0 Å². The zero-order chi connectivity index (χ0) is 21.4. The molecule has 0 nitrogen and oxygen atoms in total. The fourth-order valence-corrected chi connectivity index (χ4v) is 20.4. The van der Waals surface area contributed by atoms with Gasteiger partial charge in [0, 0.05) is 0 Å². The molecule has 0 amide bonds. The molecule has 7 rings (SSSR count). The van der Waals surface area contributed by atoms with E-state index < -0.39 is 8.07 Å². The van der Waals surface area contributed by atoms with Crippen molar-refractivity contribution in [1.82, 2.24) is 0 Å². The second kappa shape index (κ2) is 8.13. The monoisotopic (exact) mass is 452 g/mol. The summed E-state index contributed by atoms with van der Waals surface area (Å²) in [7, 11) is -1.15. The summed E-state index contributed by atoms with van der Waals surface area (Å²) in [6.45, 7) is 5.22. The normalized spacial score (nSPS) is 52.3. The van der Waals surface area contributed by atoms with Crippen molar-refractivity contribution in [3.63, 3.8) is 0 Å². The molecule has 6 saturated carbocycles. The lowest BCUT2D eigenvalue weighted by Crippen LogP contribution is -2.56. The standard InChI is InChI=1S/C31H52Si/c1-3-20-18-28-24(22-12-13-22)8-5-10-26(28)30(20)32(16-7-17-32)31-21(4-2)19-29-25(23-14-15-23)9-6-11-27(29)31/h20-31H,3-19H2,1-2H3. The molecule has 7 aliphatic rings. The molecular weight excluding hydrogens is 400 g/mol. The molecule has 10 atom stereocenters. The summed E-state index contributed by atoms with van der Waals surface area (Å²) in [5, 5.41) is 0. The largest absolute Gasteiger partial charge is 0.0651 e. The van der Waals surface area contributed by atoms with Gasteiger partial charge in [0.05, 0.1) is 8.07 Å². The molecule has 6 aliphatic carbocycles. The second-order valence-electron chi connectivity index (χ2n) is 14.5. The van der Waals surface area contributed by atoms with Gasteiger partial charge in [-0.3, -0.25) is 0 Å². The van der Waals surface area contributed by atoms with Gasteiger partial charge in [-0.1, -0.05) is 70.9 Å². The molecular formula is C31H52Si. The predicted molar refractivity (Wildman–Crippen MR) is 138 cm³/mol. The smallest absolute Gasteiger partial charge is 0.0609 e. The van der Waals surface area contributed by atoms with Crippen molar-refractivity contribution in [2.45, 2.75) is 133 Å². The summed E-state index contributed by atoms with van der Waals surface area (Å²) < 4.78 is 0. The van der Waals surface area contributed by atoms with Gasteiger partial charge < -0.3 is 0 Å². The van der Waals surface area contributed by atoms with Crippen molar-refractivity contribution >= 4 is 8.07 Å². The van der Waals surface area contributed by atoms with Crippen LogP contribution >= 0.6 is 0 Å². The first kappa shape index (κ1) is 21.5. The van der Waals surface area contributed by atoms with Gasteiger partial charge in [0.15, 0.2) is 0 Å². The molecule has 0 radical (unpaired) electrons. The zero-order valence-electron chi connectivity index (χ0n) is 21.4. The second-order valence-corrected chi connectivity index (χ2v) is 19.3. The maximum Gasteiger partial charge on any atom is 0.0609 e. The van der Waals surface area contributed by atoms with Crippen LogP contribution in [-0.4, -0.2) is 8.07 Å². The maximum absolute atomic E-state index is 2.61. The SMILES string of the molecule is CCC1CC2C(C3CC3)CCCC2C1[Si]1(C2C(CC)CC3C(C4CC4)CCCC32)CCC1. The molecule has 1 heteroatoms. The fourth-order valence-electron chi connectivity index (χ4n) is 12.3. The molecule has 7 fully saturated rings. The first-order valence-electron chi connectivity index (χ1n) is 15.7. The zero-order valence-corrected chi connectivity index (χ0v) is 22.4. The number of rotatable bonds is 6. The van der Waals surface area contributed by atoms with Crippen molar-refractivity contribution < 1.29 is 0 Å². The van der Waals surface area contributed by atoms with Crippen molar-refractivity contribution in [3.05, 3.63) is 0 Å². The van der Waals surface area contributed by atoms with Crippen LogP contribution in [0.2, 0.25) is 23.2 Å².